The summed E-state index contributed by atoms with van der Waals surface area (Å²) in [6, 6.07) is 19.0. The number of hydrogen-bond donors (Lipinski definition) is 1. The highest BCUT2D eigenvalue weighted by Crippen LogP contribution is 2.49. The third kappa shape index (κ3) is 5.22. The van der Waals surface area contributed by atoms with Gasteiger partial charge in [0.05, 0.1) is 27.0 Å². The molecular formula is C27H28N2O5S. The molecule has 182 valence electrons. The molecule has 35 heavy (non-hydrogen) atoms. The lowest BCUT2D eigenvalue weighted by Gasteiger charge is -2.22. The molecule has 0 fully saturated rings. The maximum atomic E-state index is 13.5. The molecule has 1 aliphatic heterocycles. The first-order chi connectivity index (χ1) is 16.9. The highest BCUT2D eigenvalue weighted by molar-refractivity contribution is 7.99. The Morgan fingerprint density at radius 1 is 1.00 bits per heavy atom. The Hall–Kier alpha value is -3.65. The molecule has 3 aromatic carbocycles. The Labute approximate surface area is 209 Å². The molecule has 1 N–H and O–H groups in total. The summed E-state index contributed by atoms with van der Waals surface area (Å²) in [5.41, 5.74) is 3.29. The fourth-order valence-corrected chi connectivity index (χ4v) is 5.33. The van der Waals surface area contributed by atoms with Gasteiger partial charge in [0.1, 0.15) is 6.54 Å². The number of benzene rings is 3. The summed E-state index contributed by atoms with van der Waals surface area (Å²) >= 11 is 1.58. The number of carbonyl (C=O) groups is 2. The summed E-state index contributed by atoms with van der Waals surface area (Å²) in [6.45, 7) is 1.85. The van der Waals surface area contributed by atoms with Crippen LogP contribution in [0.3, 0.4) is 0 Å². The fourth-order valence-electron chi connectivity index (χ4n) is 4.07. The molecule has 0 radical (unpaired) electrons. The van der Waals surface area contributed by atoms with Crippen LogP contribution in [0.25, 0.3) is 0 Å². The summed E-state index contributed by atoms with van der Waals surface area (Å²) in [5.74, 6) is 1.17. The second-order valence-electron chi connectivity index (χ2n) is 8.08. The van der Waals surface area contributed by atoms with Crippen LogP contribution in [0.1, 0.15) is 22.8 Å². The van der Waals surface area contributed by atoms with Gasteiger partial charge in [0.15, 0.2) is 11.5 Å². The van der Waals surface area contributed by atoms with Crippen LogP contribution in [0.4, 0.5) is 11.4 Å². The van der Waals surface area contributed by atoms with Crippen LogP contribution in [0.5, 0.6) is 17.2 Å². The van der Waals surface area contributed by atoms with Gasteiger partial charge in [-0.05, 0) is 48.4 Å². The van der Waals surface area contributed by atoms with Gasteiger partial charge in [-0.1, -0.05) is 30.3 Å². The quantitative estimate of drug-likeness (QED) is 0.487. The summed E-state index contributed by atoms with van der Waals surface area (Å²) in [4.78, 5) is 28.9. The number of anilines is 2. The van der Waals surface area contributed by atoms with E-state index in [2.05, 4.69) is 5.32 Å². The summed E-state index contributed by atoms with van der Waals surface area (Å²) in [7, 11) is 4.69. The third-order valence-corrected chi connectivity index (χ3v) is 7.19. The van der Waals surface area contributed by atoms with Crippen molar-refractivity contribution < 1.29 is 23.8 Å². The van der Waals surface area contributed by atoms with Gasteiger partial charge in [0.2, 0.25) is 17.6 Å². The number of amides is 2. The van der Waals surface area contributed by atoms with Crippen LogP contribution in [-0.4, -0.2) is 39.7 Å². The third-order valence-electron chi connectivity index (χ3n) is 5.87. The van der Waals surface area contributed by atoms with Gasteiger partial charge in [0, 0.05) is 22.3 Å². The zero-order valence-electron chi connectivity index (χ0n) is 20.2. The van der Waals surface area contributed by atoms with Gasteiger partial charge >= 0.3 is 0 Å². The van der Waals surface area contributed by atoms with E-state index >= 15 is 0 Å². The number of rotatable bonds is 7. The van der Waals surface area contributed by atoms with Gasteiger partial charge in [-0.2, -0.15) is 0 Å². The zero-order chi connectivity index (χ0) is 24.9. The standard InChI is InChI=1S/C27H28N2O5S/c1-17-9-5-6-10-19(17)28-25(30)16-29-20-11-7-8-12-23(20)35-24(15-26(29)31)18-13-21(32-2)27(34-4)22(14-18)33-3/h5-14,24H,15-16H2,1-4H3,(H,28,30)/t24-/m0/s1. The average molecular weight is 493 g/mol. The van der Waals surface area contributed by atoms with Gasteiger partial charge in [-0.25, -0.2) is 0 Å². The zero-order valence-corrected chi connectivity index (χ0v) is 21.0. The molecule has 1 heterocycles. The lowest BCUT2D eigenvalue weighted by atomic mass is 10.1. The summed E-state index contributed by atoms with van der Waals surface area (Å²) in [6.07, 6.45) is 0.204. The van der Waals surface area contributed by atoms with Crippen molar-refractivity contribution in [3.8, 4) is 17.2 Å². The molecule has 2 amide bonds. The first kappa shape index (κ1) is 24.5. The average Bonchev–Trinajstić information content (AvgIpc) is 3.00. The molecule has 8 heteroatoms. The molecule has 0 saturated heterocycles. The number of thioether (sulfide) groups is 1. The Balaban J connectivity index is 1.64. The van der Waals surface area contributed by atoms with E-state index in [1.165, 1.54) is 0 Å². The number of nitrogens with zero attached hydrogens (tertiary/aromatic N) is 1. The lowest BCUT2D eigenvalue weighted by molar-refractivity contribution is -0.121. The van der Waals surface area contributed by atoms with Gasteiger partial charge in [-0.3, -0.25) is 9.59 Å². The number of carbonyl (C=O) groups excluding carboxylic acids is 2. The normalized spacial score (nSPS) is 15.1. The van der Waals surface area contributed by atoms with Crippen molar-refractivity contribution in [3.05, 3.63) is 71.8 Å². The number of aryl methyl sites for hydroxylation is 1. The van der Waals surface area contributed by atoms with Crippen molar-refractivity contribution in [3.63, 3.8) is 0 Å². The maximum absolute atomic E-state index is 13.5. The summed E-state index contributed by atoms with van der Waals surface area (Å²) in [5, 5.41) is 2.72. The van der Waals surface area contributed by atoms with Crippen molar-refractivity contribution in [2.75, 3.05) is 38.1 Å². The smallest absolute Gasteiger partial charge is 0.244 e. The van der Waals surface area contributed by atoms with E-state index < -0.39 is 0 Å². The molecule has 1 atom stereocenters. The highest BCUT2D eigenvalue weighted by Gasteiger charge is 2.31. The van der Waals surface area contributed by atoms with Gasteiger partial charge in [0.25, 0.3) is 0 Å². The Morgan fingerprint density at radius 2 is 1.66 bits per heavy atom. The molecule has 0 aromatic heterocycles. The van der Waals surface area contributed by atoms with Crippen molar-refractivity contribution in [1.29, 1.82) is 0 Å². The van der Waals surface area contributed by atoms with Crippen LogP contribution in [0, 0.1) is 6.92 Å². The van der Waals surface area contributed by atoms with Crippen molar-refractivity contribution in [1.82, 2.24) is 0 Å². The van der Waals surface area contributed by atoms with E-state index in [1.54, 1.807) is 38.0 Å². The molecule has 3 aromatic rings. The molecular weight excluding hydrogens is 464 g/mol. The minimum absolute atomic E-state index is 0.0767. The minimum atomic E-state index is -0.251. The SMILES string of the molecule is COc1cc([C@@H]2CC(=O)N(CC(=O)Nc3ccccc3C)c3ccccc3S2)cc(OC)c1OC. The monoisotopic (exact) mass is 492 g/mol. The molecule has 7 nitrogen and oxygen atoms in total. The minimum Gasteiger partial charge on any atom is -0.493 e. The molecule has 1 aliphatic rings. The predicted molar refractivity (Wildman–Crippen MR) is 138 cm³/mol. The molecule has 0 spiro atoms. The number of para-hydroxylation sites is 2. The number of hydrogen-bond acceptors (Lipinski definition) is 6. The van der Waals surface area contributed by atoms with E-state index in [9.17, 15) is 9.59 Å². The number of nitrogens with one attached hydrogen (secondary N) is 1. The first-order valence-electron chi connectivity index (χ1n) is 11.2. The van der Waals surface area contributed by atoms with Crippen LogP contribution in [-0.2, 0) is 9.59 Å². The van der Waals surface area contributed by atoms with Crippen LogP contribution in [0.15, 0.2) is 65.6 Å². The van der Waals surface area contributed by atoms with E-state index in [1.807, 2.05) is 67.6 Å². The second-order valence-corrected chi connectivity index (χ2v) is 9.32. The maximum Gasteiger partial charge on any atom is 0.244 e. The van der Waals surface area contributed by atoms with Gasteiger partial charge in [-0.15, -0.1) is 11.8 Å². The van der Waals surface area contributed by atoms with Crippen LogP contribution < -0.4 is 24.4 Å². The van der Waals surface area contributed by atoms with Crippen LogP contribution in [0.2, 0.25) is 0 Å². The fraction of sp³-hybridized carbons (Fsp3) is 0.259. The molecule has 0 saturated carbocycles. The van der Waals surface area contributed by atoms with Gasteiger partial charge < -0.3 is 24.4 Å². The van der Waals surface area contributed by atoms with Crippen molar-refractivity contribution in [2.45, 2.75) is 23.5 Å². The van der Waals surface area contributed by atoms with E-state index in [-0.39, 0.29) is 30.0 Å². The second kappa shape index (κ2) is 10.7. The summed E-state index contributed by atoms with van der Waals surface area (Å²) < 4.78 is 16.5. The molecule has 4 rings (SSSR count). The Bertz CT molecular complexity index is 1220. The van der Waals surface area contributed by atoms with Crippen molar-refractivity contribution in [2.24, 2.45) is 0 Å². The van der Waals surface area contributed by atoms with E-state index in [4.69, 9.17) is 14.2 Å². The Kier molecular flexibility index (Phi) is 7.51. The number of methoxy groups -OCH3 is 3. The lowest BCUT2D eigenvalue weighted by Crippen LogP contribution is -2.38. The molecule has 0 aliphatic carbocycles. The van der Waals surface area contributed by atoms with Crippen LogP contribution >= 0.6 is 11.8 Å². The number of fused-ring (bicyclic) bond motifs is 1. The highest BCUT2D eigenvalue weighted by atomic mass is 32.2. The topological polar surface area (TPSA) is 77.1 Å². The predicted octanol–water partition coefficient (Wildman–Crippen LogP) is 5.23. The Morgan fingerprint density at radius 3 is 2.31 bits per heavy atom. The largest absolute Gasteiger partial charge is 0.493 e. The molecule has 0 bridgehead atoms. The number of ether oxygens (including phenoxy) is 3. The first-order valence-corrected chi connectivity index (χ1v) is 12.0. The van der Waals surface area contributed by atoms with E-state index in [0.29, 0.717) is 17.2 Å². The molecule has 0 unspecified atom stereocenters. The van der Waals surface area contributed by atoms with Crippen molar-refractivity contribution >= 4 is 35.0 Å². The van der Waals surface area contributed by atoms with E-state index in [0.717, 1.165) is 27.4 Å².